The number of rotatable bonds is 7. The number of hydrogen-bond donors (Lipinski definition) is 3. The van der Waals surface area contributed by atoms with Gasteiger partial charge in [-0.2, -0.15) is 8.42 Å². The van der Waals surface area contributed by atoms with Crippen LogP contribution in [0.1, 0.15) is 46.5 Å². The first-order chi connectivity index (χ1) is 12.6. The summed E-state index contributed by atoms with van der Waals surface area (Å²) in [5.41, 5.74) is 5.12. The lowest BCUT2D eigenvalue weighted by molar-refractivity contribution is -0.121. The molecule has 2 rings (SSSR count). The van der Waals surface area contributed by atoms with E-state index in [1.807, 2.05) is 32.0 Å². The van der Waals surface area contributed by atoms with Crippen LogP contribution >= 0.6 is 0 Å². The topological polar surface area (TPSA) is 109 Å². The summed E-state index contributed by atoms with van der Waals surface area (Å²) in [5, 5.41) is 4.64. The van der Waals surface area contributed by atoms with E-state index in [1.54, 1.807) is 12.1 Å². The van der Waals surface area contributed by atoms with Crippen LogP contribution in [0.4, 0.5) is 0 Å². The molecule has 27 heavy (non-hydrogen) atoms. The highest BCUT2D eigenvalue weighted by Gasteiger charge is 2.18. The number of fused-ring (bicyclic) bond motifs is 1. The lowest BCUT2D eigenvalue weighted by Gasteiger charge is -2.25. The van der Waals surface area contributed by atoms with Crippen molar-refractivity contribution in [2.45, 2.75) is 56.9 Å². The second kappa shape index (κ2) is 10.4. The zero-order chi connectivity index (χ0) is 20.5. The van der Waals surface area contributed by atoms with Crippen LogP contribution in [-0.2, 0) is 14.9 Å². The fraction of sp³-hybridized carbons (Fsp3) is 0.450. The van der Waals surface area contributed by atoms with Gasteiger partial charge in [-0.15, -0.1) is 0 Å². The van der Waals surface area contributed by atoms with Crippen LogP contribution in [0.2, 0.25) is 0 Å². The van der Waals surface area contributed by atoms with Gasteiger partial charge in [-0.3, -0.25) is 9.35 Å². The standard InChI is InChI=1S/C10H22N2O.C10H8O3S/c1-4-5-6-7-10(2,3)12-9(13)8-11;11-14(12,13)10-6-5-8-3-1-2-4-9(8)7-10/h4-8,11H2,1-3H3,(H,12,13);1-7H,(H,11,12,13). The molecule has 7 heteroatoms. The van der Waals surface area contributed by atoms with Crippen LogP contribution in [0.5, 0.6) is 0 Å². The fourth-order valence-corrected chi connectivity index (χ4v) is 3.15. The lowest BCUT2D eigenvalue weighted by atomic mass is 9.97. The quantitative estimate of drug-likeness (QED) is 0.492. The van der Waals surface area contributed by atoms with Crippen molar-refractivity contribution in [2.24, 2.45) is 5.73 Å². The molecule has 6 nitrogen and oxygen atoms in total. The van der Waals surface area contributed by atoms with E-state index in [0.29, 0.717) is 0 Å². The maximum atomic E-state index is 11.0. The molecule has 150 valence electrons. The Kier molecular flexibility index (Phi) is 8.88. The predicted molar refractivity (Wildman–Crippen MR) is 109 cm³/mol. The largest absolute Gasteiger partial charge is 0.350 e. The van der Waals surface area contributed by atoms with E-state index in [4.69, 9.17) is 10.3 Å². The predicted octanol–water partition coefficient (Wildman–Crippen LogP) is 3.51. The summed E-state index contributed by atoms with van der Waals surface area (Å²) >= 11 is 0. The van der Waals surface area contributed by atoms with Crippen molar-refractivity contribution in [2.75, 3.05) is 6.54 Å². The molecule has 0 radical (unpaired) electrons. The third kappa shape index (κ3) is 8.51. The maximum Gasteiger partial charge on any atom is 0.294 e. The van der Waals surface area contributed by atoms with Crippen LogP contribution in [0.3, 0.4) is 0 Å². The number of carbonyl (C=O) groups excluding carboxylic acids is 1. The van der Waals surface area contributed by atoms with Crippen molar-refractivity contribution in [3.8, 4) is 0 Å². The van der Waals surface area contributed by atoms with Gasteiger partial charge < -0.3 is 11.1 Å². The zero-order valence-electron chi connectivity index (χ0n) is 16.2. The summed E-state index contributed by atoms with van der Waals surface area (Å²) in [7, 11) is -4.09. The summed E-state index contributed by atoms with van der Waals surface area (Å²) in [4.78, 5) is 11.0. The smallest absolute Gasteiger partial charge is 0.294 e. The van der Waals surface area contributed by atoms with E-state index < -0.39 is 10.1 Å². The Morgan fingerprint density at radius 3 is 2.30 bits per heavy atom. The SMILES string of the molecule is CCCCCC(C)(C)NC(=O)CN.O=S(=O)(O)c1ccc2ccccc2c1. The van der Waals surface area contributed by atoms with Gasteiger partial charge in [0.2, 0.25) is 5.91 Å². The number of hydrogen-bond acceptors (Lipinski definition) is 4. The van der Waals surface area contributed by atoms with E-state index in [2.05, 4.69) is 12.2 Å². The van der Waals surface area contributed by atoms with E-state index in [1.165, 1.54) is 25.0 Å². The Morgan fingerprint density at radius 2 is 1.74 bits per heavy atom. The Balaban J connectivity index is 0.000000271. The molecule has 0 aliphatic rings. The van der Waals surface area contributed by atoms with Gasteiger partial charge in [-0.1, -0.05) is 56.5 Å². The summed E-state index contributed by atoms with van der Waals surface area (Å²) in [6.07, 6.45) is 4.61. The van der Waals surface area contributed by atoms with Gasteiger partial charge in [0, 0.05) is 5.54 Å². The molecule has 1 amide bonds. The summed E-state index contributed by atoms with van der Waals surface area (Å²) in [6.45, 7) is 6.33. The molecule has 0 saturated heterocycles. The number of amides is 1. The van der Waals surface area contributed by atoms with Gasteiger partial charge in [-0.25, -0.2) is 0 Å². The molecule has 0 atom stereocenters. The minimum absolute atomic E-state index is 0.0681. The molecule has 2 aromatic rings. The van der Waals surface area contributed by atoms with E-state index in [9.17, 15) is 13.2 Å². The van der Waals surface area contributed by atoms with E-state index >= 15 is 0 Å². The minimum atomic E-state index is -4.09. The van der Waals surface area contributed by atoms with E-state index in [0.717, 1.165) is 23.6 Å². The average molecular weight is 395 g/mol. The van der Waals surface area contributed by atoms with Crippen LogP contribution in [0, 0.1) is 0 Å². The number of nitrogens with two attached hydrogens (primary N) is 1. The fourth-order valence-electron chi connectivity index (χ4n) is 2.64. The van der Waals surface area contributed by atoms with Gasteiger partial charge in [0.1, 0.15) is 0 Å². The summed E-state index contributed by atoms with van der Waals surface area (Å²) in [6, 6.07) is 11.9. The molecule has 0 bridgehead atoms. The van der Waals surface area contributed by atoms with Crippen LogP contribution in [0.25, 0.3) is 10.8 Å². The molecular formula is C20H30N2O4S. The monoisotopic (exact) mass is 394 g/mol. The van der Waals surface area contributed by atoms with Crippen molar-refractivity contribution in [3.05, 3.63) is 42.5 Å². The Bertz CT molecular complexity index is 848. The molecular weight excluding hydrogens is 364 g/mol. The van der Waals surface area contributed by atoms with Gasteiger partial charge in [0.05, 0.1) is 11.4 Å². The van der Waals surface area contributed by atoms with Crippen molar-refractivity contribution in [1.29, 1.82) is 0 Å². The van der Waals surface area contributed by atoms with Crippen molar-refractivity contribution in [1.82, 2.24) is 5.32 Å². The first-order valence-corrected chi connectivity index (χ1v) is 10.5. The molecule has 4 N–H and O–H groups in total. The third-order valence-corrected chi connectivity index (χ3v) is 4.94. The molecule has 0 aliphatic carbocycles. The number of unbranched alkanes of at least 4 members (excludes halogenated alkanes) is 2. The number of carbonyl (C=O) groups is 1. The lowest BCUT2D eigenvalue weighted by Crippen LogP contribution is -2.45. The normalized spacial score (nSPS) is 11.6. The minimum Gasteiger partial charge on any atom is -0.350 e. The first-order valence-electron chi connectivity index (χ1n) is 9.06. The first kappa shape index (κ1) is 23.1. The Morgan fingerprint density at radius 1 is 1.11 bits per heavy atom. The zero-order valence-corrected chi connectivity index (χ0v) is 17.1. The highest BCUT2D eigenvalue weighted by atomic mass is 32.2. The molecule has 0 aromatic heterocycles. The van der Waals surface area contributed by atoms with Crippen LogP contribution in [0.15, 0.2) is 47.4 Å². The van der Waals surface area contributed by atoms with Crippen molar-refractivity contribution >= 4 is 26.8 Å². The Hall–Kier alpha value is -1.96. The van der Waals surface area contributed by atoms with Gasteiger partial charge >= 0.3 is 0 Å². The van der Waals surface area contributed by atoms with Gasteiger partial charge in [0.25, 0.3) is 10.1 Å². The number of nitrogens with one attached hydrogen (secondary N) is 1. The second-order valence-electron chi connectivity index (χ2n) is 7.08. The number of benzene rings is 2. The average Bonchev–Trinajstić information content (AvgIpc) is 2.60. The molecule has 0 spiro atoms. The molecule has 0 fully saturated rings. The van der Waals surface area contributed by atoms with Crippen molar-refractivity contribution < 1.29 is 17.8 Å². The molecule has 0 aliphatic heterocycles. The summed E-state index contributed by atoms with van der Waals surface area (Å²) in [5.74, 6) is -0.0681. The molecule has 0 saturated carbocycles. The van der Waals surface area contributed by atoms with Crippen LogP contribution in [-0.4, -0.2) is 31.0 Å². The maximum absolute atomic E-state index is 11.0. The van der Waals surface area contributed by atoms with Crippen molar-refractivity contribution in [3.63, 3.8) is 0 Å². The molecule has 0 unspecified atom stereocenters. The highest BCUT2D eigenvalue weighted by molar-refractivity contribution is 7.85. The molecule has 2 aromatic carbocycles. The highest BCUT2D eigenvalue weighted by Crippen LogP contribution is 2.18. The summed E-state index contributed by atoms with van der Waals surface area (Å²) < 4.78 is 30.5. The van der Waals surface area contributed by atoms with E-state index in [-0.39, 0.29) is 22.9 Å². The second-order valence-corrected chi connectivity index (χ2v) is 8.50. The van der Waals surface area contributed by atoms with Gasteiger partial charge in [-0.05, 0) is 43.2 Å². The third-order valence-electron chi connectivity index (χ3n) is 4.09. The van der Waals surface area contributed by atoms with Crippen LogP contribution < -0.4 is 11.1 Å². The molecule has 0 heterocycles. The van der Waals surface area contributed by atoms with Gasteiger partial charge in [0.15, 0.2) is 0 Å². The Labute approximate surface area is 161 Å².